The molecule has 4 nitrogen and oxygen atoms in total. The smallest absolute Gasteiger partial charge is 0.237 e. The van der Waals surface area contributed by atoms with E-state index in [2.05, 4.69) is 10.6 Å². The second-order valence-corrected chi connectivity index (χ2v) is 4.47. The number of carbonyl (C=O) groups excluding carboxylic acids is 1. The summed E-state index contributed by atoms with van der Waals surface area (Å²) in [6.07, 6.45) is 0.0788. The minimum absolute atomic E-state index is 0.0896. The number of aliphatic hydroxyl groups is 1. The SMILES string of the molecule is CNC(C)C(=O)N[C@@H]1c2ccccc2C[C@@H]1O. The van der Waals surface area contributed by atoms with E-state index in [4.69, 9.17) is 0 Å². The van der Waals surface area contributed by atoms with E-state index in [9.17, 15) is 9.90 Å². The van der Waals surface area contributed by atoms with Crippen molar-refractivity contribution in [3.8, 4) is 0 Å². The zero-order chi connectivity index (χ0) is 12.4. The van der Waals surface area contributed by atoms with E-state index in [-0.39, 0.29) is 18.0 Å². The van der Waals surface area contributed by atoms with Crippen LogP contribution >= 0.6 is 0 Å². The highest BCUT2D eigenvalue weighted by atomic mass is 16.3. The monoisotopic (exact) mass is 234 g/mol. The molecule has 17 heavy (non-hydrogen) atoms. The Morgan fingerprint density at radius 2 is 2.18 bits per heavy atom. The zero-order valence-corrected chi connectivity index (χ0v) is 10.1. The van der Waals surface area contributed by atoms with Gasteiger partial charge in [-0.2, -0.15) is 0 Å². The molecule has 0 saturated heterocycles. The van der Waals surface area contributed by atoms with Crippen molar-refractivity contribution in [3.63, 3.8) is 0 Å². The van der Waals surface area contributed by atoms with E-state index < -0.39 is 6.10 Å². The fourth-order valence-corrected chi connectivity index (χ4v) is 2.16. The van der Waals surface area contributed by atoms with Crippen LogP contribution in [0.4, 0.5) is 0 Å². The van der Waals surface area contributed by atoms with Gasteiger partial charge in [0.15, 0.2) is 0 Å². The Bertz CT molecular complexity index is 420. The Labute approximate surface area is 101 Å². The number of likely N-dealkylation sites (N-methyl/N-ethyl adjacent to an activating group) is 1. The molecule has 0 aliphatic heterocycles. The minimum atomic E-state index is -0.527. The van der Waals surface area contributed by atoms with Gasteiger partial charge in [-0.3, -0.25) is 4.79 Å². The molecular weight excluding hydrogens is 216 g/mol. The van der Waals surface area contributed by atoms with Crippen molar-refractivity contribution in [1.29, 1.82) is 0 Å². The summed E-state index contributed by atoms with van der Waals surface area (Å²) in [5.41, 5.74) is 2.14. The highest BCUT2D eigenvalue weighted by Gasteiger charge is 2.32. The van der Waals surface area contributed by atoms with Crippen molar-refractivity contribution in [2.75, 3.05) is 7.05 Å². The third kappa shape index (κ3) is 2.33. The highest BCUT2D eigenvalue weighted by molar-refractivity contribution is 5.82. The predicted octanol–water partition coefficient (Wildman–Crippen LogP) is 0.369. The summed E-state index contributed by atoms with van der Waals surface area (Å²) in [6.45, 7) is 1.79. The third-order valence-corrected chi connectivity index (χ3v) is 3.33. The lowest BCUT2D eigenvalue weighted by Crippen LogP contribution is -2.44. The van der Waals surface area contributed by atoms with Gasteiger partial charge in [-0.25, -0.2) is 0 Å². The van der Waals surface area contributed by atoms with Gasteiger partial charge in [-0.05, 0) is 25.1 Å². The van der Waals surface area contributed by atoms with Crippen LogP contribution in [0.25, 0.3) is 0 Å². The number of aliphatic hydroxyl groups excluding tert-OH is 1. The van der Waals surface area contributed by atoms with Crippen molar-refractivity contribution in [2.45, 2.75) is 31.5 Å². The molecule has 0 aromatic heterocycles. The number of benzene rings is 1. The summed E-state index contributed by atoms with van der Waals surface area (Å²) < 4.78 is 0. The fraction of sp³-hybridized carbons (Fsp3) is 0.462. The van der Waals surface area contributed by atoms with Crippen molar-refractivity contribution in [2.24, 2.45) is 0 Å². The van der Waals surface area contributed by atoms with Crippen molar-refractivity contribution in [3.05, 3.63) is 35.4 Å². The molecule has 0 saturated carbocycles. The molecular formula is C13H18N2O2. The summed E-state index contributed by atoms with van der Waals surface area (Å²) in [5.74, 6) is -0.0896. The van der Waals surface area contributed by atoms with Crippen LogP contribution in [-0.2, 0) is 11.2 Å². The number of rotatable bonds is 3. The molecule has 0 spiro atoms. The lowest BCUT2D eigenvalue weighted by molar-refractivity contribution is -0.124. The number of carbonyl (C=O) groups is 1. The van der Waals surface area contributed by atoms with Gasteiger partial charge < -0.3 is 15.7 Å². The second-order valence-electron chi connectivity index (χ2n) is 4.47. The first-order chi connectivity index (χ1) is 8.13. The van der Waals surface area contributed by atoms with Gasteiger partial charge >= 0.3 is 0 Å². The first kappa shape index (κ1) is 12.1. The van der Waals surface area contributed by atoms with E-state index in [0.29, 0.717) is 6.42 Å². The molecule has 0 radical (unpaired) electrons. The first-order valence-corrected chi connectivity index (χ1v) is 5.87. The number of nitrogens with one attached hydrogen (secondary N) is 2. The molecule has 1 aromatic carbocycles. The van der Waals surface area contributed by atoms with Crippen LogP contribution in [0, 0.1) is 0 Å². The summed E-state index contributed by atoms with van der Waals surface area (Å²) >= 11 is 0. The maximum Gasteiger partial charge on any atom is 0.237 e. The summed E-state index contributed by atoms with van der Waals surface area (Å²) in [5, 5.41) is 15.7. The average molecular weight is 234 g/mol. The minimum Gasteiger partial charge on any atom is -0.390 e. The van der Waals surface area contributed by atoms with Crippen LogP contribution in [-0.4, -0.2) is 30.2 Å². The van der Waals surface area contributed by atoms with Crippen molar-refractivity contribution >= 4 is 5.91 Å². The largest absolute Gasteiger partial charge is 0.390 e. The summed E-state index contributed by atoms with van der Waals surface area (Å²) in [4.78, 5) is 11.8. The molecule has 1 unspecified atom stereocenters. The van der Waals surface area contributed by atoms with Gasteiger partial charge in [0.2, 0.25) is 5.91 Å². The molecule has 1 amide bonds. The van der Waals surface area contributed by atoms with Gasteiger partial charge in [0.05, 0.1) is 18.2 Å². The number of amides is 1. The van der Waals surface area contributed by atoms with Crippen molar-refractivity contribution in [1.82, 2.24) is 10.6 Å². The van der Waals surface area contributed by atoms with Gasteiger partial charge in [0.25, 0.3) is 0 Å². The lowest BCUT2D eigenvalue weighted by Gasteiger charge is -2.20. The molecule has 0 fully saturated rings. The van der Waals surface area contributed by atoms with Crippen LogP contribution in [0.2, 0.25) is 0 Å². The molecule has 0 heterocycles. The second kappa shape index (κ2) is 4.85. The van der Waals surface area contributed by atoms with Crippen LogP contribution in [0.15, 0.2) is 24.3 Å². The van der Waals surface area contributed by atoms with E-state index in [0.717, 1.165) is 11.1 Å². The molecule has 3 atom stereocenters. The maximum absolute atomic E-state index is 11.8. The average Bonchev–Trinajstić information content (AvgIpc) is 2.65. The molecule has 92 valence electrons. The highest BCUT2D eigenvalue weighted by Crippen LogP contribution is 2.31. The van der Waals surface area contributed by atoms with E-state index in [1.165, 1.54) is 0 Å². The standard InChI is InChI=1S/C13H18N2O2/c1-8(14-2)13(17)15-12-10-6-4-3-5-9(10)7-11(12)16/h3-6,8,11-12,14,16H,7H2,1-2H3,(H,15,17)/t8?,11-,12+/m0/s1. The van der Waals surface area contributed by atoms with Gasteiger partial charge in [-0.15, -0.1) is 0 Å². The van der Waals surface area contributed by atoms with Crippen LogP contribution in [0.3, 0.4) is 0 Å². The normalized spacial score (nSPS) is 24.2. The maximum atomic E-state index is 11.8. The van der Waals surface area contributed by atoms with Gasteiger partial charge in [0.1, 0.15) is 0 Å². The van der Waals surface area contributed by atoms with E-state index in [1.807, 2.05) is 24.3 Å². The van der Waals surface area contributed by atoms with Crippen molar-refractivity contribution < 1.29 is 9.90 Å². The molecule has 1 aliphatic rings. The Kier molecular flexibility index (Phi) is 3.45. The Morgan fingerprint density at radius 3 is 2.88 bits per heavy atom. The predicted molar refractivity (Wildman–Crippen MR) is 65.6 cm³/mol. The topological polar surface area (TPSA) is 61.4 Å². The Hall–Kier alpha value is -1.39. The summed E-state index contributed by atoms with van der Waals surface area (Å²) in [6, 6.07) is 7.29. The molecule has 1 aliphatic carbocycles. The first-order valence-electron chi connectivity index (χ1n) is 5.87. The van der Waals surface area contributed by atoms with Gasteiger partial charge in [0, 0.05) is 6.42 Å². The molecule has 0 bridgehead atoms. The molecule has 1 aromatic rings. The quantitative estimate of drug-likeness (QED) is 0.708. The Balaban J connectivity index is 2.14. The fourth-order valence-electron chi connectivity index (χ4n) is 2.16. The molecule has 4 heteroatoms. The summed E-state index contributed by atoms with van der Waals surface area (Å²) in [7, 11) is 1.74. The number of hydrogen-bond donors (Lipinski definition) is 3. The van der Waals surface area contributed by atoms with Gasteiger partial charge in [-0.1, -0.05) is 24.3 Å². The zero-order valence-electron chi connectivity index (χ0n) is 10.1. The van der Waals surface area contributed by atoms with Crippen LogP contribution in [0.1, 0.15) is 24.1 Å². The number of hydrogen-bond acceptors (Lipinski definition) is 3. The third-order valence-electron chi connectivity index (χ3n) is 3.33. The lowest BCUT2D eigenvalue weighted by atomic mass is 10.1. The molecule has 3 N–H and O–H groups in total. The van der Waals surface area contributed by atoms with Crippen LogP contribution in [0.5, 0.6) is 0 Å². The Morgan fingerprint density at radius 1 is 1.47 bits per heavy atom. The van der Waals surface area contributed by atoms with E-state index >= 15 is 0 Å². The number of fused-ring (bicyclic) bond motifs is 1. The molecule has 2 rings (SSSR count). The van der Waals surface area contributed by atoms with Crippen LogP contribution < -0.4 is 10.6 Å². The van der Waals surface area contributed by atoms with E-state index in [1.54, 1.807) is 14.0 Å².